The number of aromatic nitrogens is 2. The number of fused-ring (bicyclic) bond motifs is 1. The van der Waals surface area contributed by atoms with Crippen molar-refractivity contribution in [3.8, 4) is 5.75 Å². The predicted octanol–water partition coefficient (Wildman–Crippen LogP) is 6.34. The molecule has 1 saturated heterocycles. The fraction of sp³-hybridized carbons (Fsp3) is 0.481. The highest BCUT2D eigenvalue weighted by atomic mass is 35.5. The van der Waals surface area contributed by atoms with Crippen LogP contribution in [0, 0.1) is 5.41 Å². The zero-order chi connectivity index (χ0) is 24.7. The second-order valence-electron chi connectivity index (χ2n) is 9.30. The smallest absolute Gasteiger partial charge is 0.127 e. The van der Waals surface area contributed by atoms with Crippen LogP contribution in [-0.2, 0) is 0 Å². The van der Waals surface area contributed by atoms with Gasteiger partial charge in [0.05, 0.1) is 17.6 Å². The number of hydrogen-bond acceptors (Lipinski definition) is 6. The van der Waals surface area contributed by atoms with Gasteiger partial charge in [-0.15, -0.1) is 11.8 Å². The molecule has 0 amide bonds. The molecule has 1 aliphatic rings. The first-order valence-electron chi connectivity index (χ1n) is 12.2. The second kappa shape index (κ2) is 12.3. The van der Waals surface area contributed by atoms with Crippen LogP contribution >= 0.6 is 23.4 Å². The summed E-state index contributed by atoms with van der Waals surface area (Å²) in [6.45, 7) is 3.00. The molecule has 0 unspecified atom stereocenters. The summed E-state index contributed by atoms with van der Waals surface area (Å²) < 4.78 is 20.9. The number of ether oxygens (including phenoxy) is 1. The molecule has 0 bridgehead atoms. The van der Waals surface area contributed by atoms with Crippen molar-refractivity contribution >= 4 is 34.3 Å². The summed E-state index contributed by atoms with van der Waals surface area (Å²) in [4.78, 5) is 12.2. The van der Waals surface area contributed by atoms with Crippen LogP contribution in [0.25, 0.3) is 10.9 Å². The van der Waals surface area contributed by atoms with Gasteiger partial charge < -0.3 is 14.7 Å². The molecule has 0 spiro atoms. The molecule has 0 radical (unpaired) electrons. The number of aliphatic hydroxyl groups excluding tert-OH is 1. The summed E-state index contributed by atoms with van der Waals surface area (Å²) in [5, 5.41) is 11.3. The highest BCUT2D eigenvalue weighted by Gasteiger charge is 2.35. The van der Waals surface area contributed by atoms with Crippen LogP contribution in [0.5, 0.6) is 5.75 Å². The van der Waals surface area contributed by atoms with E-state index < -0.39 is 6.17 Å². The SMILES string of the molecule is COc1ccc2ncc(Cl)c([C@H](F)CCC3(CO)CCN(CCCSc4cccnc4)CC3)c2c1. The molecular weight excluding hydrogens is 485 g/mol. The zero-order valence-corrected chi connectivity index (χ0v) is 21.7. The summed E-state index contributed by atoms with van der Waals surface area (Å²) in [5.74, 6) is 1.70. The third kappa shape index (κ3) is 6.64. The average Bonchev–Trinajstić information content (AvgIpc) is 2.90. The van der Waals surface area contributed by atoms with E-state index in [2.05, 4.69) is 20.9 Å². The molecule has 0 saturated carbocycles. The van der Waals surface area contributed by atoms with Gasteiger partial charge in [0.1, 0.15) is 11.9 Å². The van der Waals surface area contributed by atoms with E-state index >= 15 is 4.39 Å². The standard InChI is InChI=1S/C27H33ClFN3O2S/c1-34-20-5-6-25-22(16-20)26(23(28)18-31-25)24(29)7-8-27(19-33)9-13-32(14-10-27)12-3-15-35-21-4-2-11-30-17-21/h2,4-6,11,16-18,24,33H,3,7-10,12-15,19H2,1H3/t24-/m1/s1. The number of likely N-dealkylation sites (tertiary alicyclic amines) is 1. The van der Waals surface area contributed by atoms with Crippen LogP contribution in [0.1, 0.15) is 43.8 Å². The minimum absolute atomic E-state index is 0.0864. The number of halogens is 2. The molecule has 35 heavy (non-hydrogen) atoms. The Labute approximate surface area is 216 Å². The Kier molecular flexibility index (Phi) is 9.22. The molecule has 1 atom stereocenters. The quantitative estimate of drug-likeness (QED) is 0.236. The lowest BCUT2D eigenvalue weighted by Gasteiger charge is -2.41. The van der Waals surface area contributed by atoms with Crippen molar-refractivity contribution in [3.63, 3.8) is 0 Å². The van der Waals surface area contributed by atoms with Crippen molar-refractivity contribution in [2.45, 2.75) is 43.2 Å². The van der Waals surface area contributed by atoms with Crippen LogP contribution in [-0.4, -0.2) is 59.1 Å². The maximum atomic E-state index is 15.6. The first-order chi connectivity index (χ1) is 17.0. The van der Waals surface area contributed by atoms with E-state index in [0.717, 1.165) is 44.6 Å². The van der Waals surface area contributed by atoms with Gasteiger partial charge in [-0.3, -0.25) is 9.97 Å². The van der Waals surface area contributed by atoms with Crippen LogP contribution in [0.2, 0.25) is 5.02 Å². The van der Waals surface area contributed by atoms with Gasteiger partial charge in [-0.2, -0.15) is 0 Å². The van der Waals surface area contributed by atoms with E-state index in [4.69, 9.17) is 16.3 Å². The van der Waals surface area contributed by atoms with Crippen molar-refractivity contribution in [2.24, 2.45) is 5.41 Å². The highest BCUT2D eigenvalue weighted by Crippen LogP contribution is 2.42. The number of aliphatic hydroxyl groups is 1. The largest absolute Gasteiger partial charge is 0.497 e. The van der Waals surface area contributed by atoms with Crippen LogP contribution in [0.4, 0.5) is 4.39 Å². The molecule has 3 aromatic rings. The molecule has 1 aromatic carbocycles. The third-order valence-electron chi connectivity index (χ3n) is 7.08. The molecule has 2 aromatic heterocycles. The number of thioether (sulfide) groups is 1. The van der Waals surface area contributed by atoms with Crippen LogP contribution in [0.15, 0.2) is 53.8 Å². The van der Waals surface area contributed by atoms with Gasteiger partial charge >= 0.3 is 0 Å². The third-order valence-corrected chi connectivity index (χ3v) is 8.45. The summed E-state index contributed by atoms with van der Waals surface area (Å²) in [5.41, 5.74) is 0.921. The van der Waals surface area contributed by atoms with E-state index in [0.29, 0.717) is 40.1 Å². The zero-order valence-electron chi connectivity index (χ0n) is 20.1. The van der Waals surface area contributed by atoms with Crippen molar-refractivity contribution < 1.29 is 14.2 Å². The Morgan fingerprint density at radius 3 is 2.80 bits per heavy atom. The molecule has 4 rings (SSSR count). The fourth-order valence-electron chi connectivity index (χ4n) is 4.84. The molecule has 5 nitrogen and oxygen atoms in total. The Hall–Kier alpha value is -1.93. The van der Waals surface area contributed by atoms with E-state index in [1.165, 1.54) is 11.1 Å². The maximum Gasteiger partial charge on any atom is 0.127 e. The Balaban J connectivity index is 1.30. The van der Waals surface area contributed by atoms with Crippen molar-refractivity contribution in [2.75, 3.05) is 39.1 Å². The summed E-state index contributed by atoms with van der Waals surface area (Å²) in [6, 6.07) is 9.48. The minimum Gasteiger partial charge on any atom is -0.497 e. The average molecular weight is 518 g/mol. The number of alkyl halides is 1. The molecule has 1 aliphatic heterocycles. The van der Waals surface area contributed by atoms with E-state index in [1.54, 1.807) is 19.4 Å². The Morgan fingerprint density at radius 1 is 1.26 bits per heavy atom. The van der Waals surface area contributed by atoms with Gasteiger partial charge in [0.25, 0.3) is 0 Å². The van der Waals surface area contributed by atoms with Gasteiger partial charge in [0.2, 0.25) is 0 Å². The maximum absolute atomic E-state index is 15.6. The Morgan fingerprint density at radius 2 is 2.09 bits per heavy atom. The number of pyridine rings is 2. The minimum atomic E-state index is -1.23. The molecular formula is C27H33ClFN3O2S. The fourth-order valence-corrected chi connectivity index (χ4v) is 5.93. The first-order valence-corrected chi connectivity index (χ1v) is 13.5. The number of piperidine rings is 1. The predicted molar refractivity (Wildman–Crippen MR) is 141 cm³/mol. The molecule has 188 valence electrons. The van der Waals surface area contributed by atoms with Gasteiger partial charge in [0.15, 0.2) is 0 Å². The number of methoxy groups -OCH3 is 1. The number of benzene rings is 1. The second-order valence-corrected chi connectivity index (χ2v) is 10.9. The number of hydrogen-bond donors (Lipinski definition) is 1. The molecule has 1 N–H and O–H groups in total. The van der Waals surface area contributed by atoms with Crippen molar-refractivity contribution in [1.29, 1.82) is 0 Å². The van der Waals surface area contributed by atoms with Crippen molar-refractivity contribution in [3.05, 3.63) is 59.5 Å². The topological polar surface area (TPSA) is 58.5 Å². The van der Waals surface area contributed by atoms with E-state index in [1.807, 2.05) is 36.2 Å². The van der Waals surface area contributed by atoms with E-state index in [9.17, 15) is 5.11 Å². The van der Waals surface area contributed by atoms with Gasteiger partial charge in [-0.25, -0.2) is 4.39 Å². The summed E-state index contributed by atoms with van der Waals surface area (Å²) in [6.07, 6.45) is 7.79. The normalized spacial score (nSPS) is 16.9. The number of nitrogens with zero attached hydrogens (tertiary/aromatic N) is 3. The van der Waals surface area contributed by atoms with Gasteiger partial charge in [-0.1, -0.05) is 11.6 Å². The molecule has 3 heterocycles. The van der Waals surface area contributed by atoms with Crippen LogP contribution < -0.4 is 4.74 Å². The lowest BCUT2D eigenvalue weighted by atomic mass is 9.74. The Bertz CT molecular complexity index is 1100. The first kappa shape index (κ1) is 26.1. The molecule has 8 heteroatoms. The van der Waals surface area contributed by atoms with E-state index in [-0.39, 0.29) is 12.0 Å². The molecule has 1 fully saturated rings. The lowest BCUT2D eigenvalue weighted by Crippen LogP contribution is -2.42. The van der Waals surface area contributed by atoms with Crippen molar-refractivity contribution in [1.82, 2.24) is 14.9 Å². The monoisotopic (exact) mass is 517 g/mol. The van der Waals surface area contributed by atoms with Gasteiger partial charge in [0, 0.05) is 41.0 Å². The summed E-state index contributed by atoms with van der Waals surface area (Å²) in [7, 11) is 1.59. The molecule has 0 aliphatic carbocycles. The summed E-state index contributed by atoms with van der Waals surface area (Å²) >= 11 is 8.23. The lowest BCUT2D eigenvalue weighted by molar-refractivity contribution is 0.0304. The number of rotatable bonds is 11. The highest BCUT2D eigenvalue weighted by molar-refractivity contribution is 7.99. The van der Waals surface area contributed by atoms with Gasteiger partial charge in [-0.05, 0) is 93.2 Å². The van der Waals surface area contributed by atoms with Crippen LogP contribution in [0.3, 0.4) is 0 Å².